The van der Waals surface area contributed by atoms with Gasteiger partial charge in [-0.15, -0.1) is 0 Å². The van der Waals surface area contributed by atoms with Gasteiger partial charge in [-0.3, -0.25) is 5.41 Å². The third kappa shape index (κ3) is 3.64. The average molecular weight is 346 g/mol. The molecule has 0 aromatic heterocycles. The van der Waals surface area contributed by atoms with E-state index in [0.717, 1.165) is 22.3 Å². The van der Waals surface area contributed by atoms with Crippen LogP contribution in [0.4, 0.5) is 5.69 Å². The van der Waals surface area contributed by atoms with Crippen LogP contribution >= 0.6 is 15.9 Å². The zero-order valence-electron chi connectivity index (χ0n) is 12.3. The molecular weight excluding hydrogens is 326 g/mol. The Hall–Kier alpha value is -1.81. The zero-order chi connectivity index (χ0) is 15.4. The molecule has 2 aromatic rings. The highest BCUT2D eigenvalue weighted by Crippen LogP contribution is 2.30. The molecule has 0 aliphatic heterocycles. The Labute approximate surface area is 134 Å². The van der Waals surface area contributed by atoms with Crippen LogP contribution in [-0.4, -0.2) is 11.9 Å². The Kier molecular flexibility index (Phi) is 5.02. The van der Waals surface area contributed by atoms with Crippen LogP contribution in [0.1, 0.15) is 25.0 Å². The largest absolute Gasteiger partial charge is 0.384 e. The number of nitrogens with two attached hydrogens (primary N) is 1. The standard InChI is InChI=1S/C17H20BrN3/c1-12(2)21(11-13-7-4-3-5-8-13)15-10-6-9-14(18)16(15)17(19)20/h3-10,12H,11H2,1-2H3,(H3,19,20). The number of benzene rings is 2. The molecule has 0 amide bonds. The highest BCUT2D eigenvalue weighted by Gasteiger charge is 2.18. The van der Waals surface area contributed by atoms with E-state index in [1.54, 1.807) is 0 Å². The third-order valence-corrected chi connectivity index (χ3v) is 4.05. The van der Waals surface area contributed by atoms with Crippen molar-refractivity contribution in [3.05, 3.63) is 64.1 Å². The Morgan fingerprint density at radius 1 is 1.14 bits per heavy atom. The first-order chi connectivity index (χ1) is 10.0. The first kappa shape index (κ1) is 15.6. The Morgan fingerprint density at radius 3 is 2.38 bits per heavy atom. The molecule has 0 aliphatic carbocycles. The maximum absolute atomic E-state index is 7.85. The molecule has 0 saturated carbocycles. The summed E-state index contributed by atoms with van der Waals surface area (Å²) in [5.41, 5.74) is 8.74. The highest BCUT2D eigenvalue weighted by molar-refractivity contribution is 9.10. The van der Waals surface area contributed by atoms with Gasteiger partial charge in [-0.25, -0.2) is 0 Å². The summed E-state index contributed by atoms with van der Waals surface area (Å²) in [6.45, 7) is 5.08. The molecule has 0 fully saturated rings. The van der Waals surface area contributed by atoms with Crippen molar-refractivity contribution < 1.29 is 0 Å². The van der Waals surface area contributed by atoms with Gasteiger partial charge in [0.05, 0.1) is 5.56 Å². The van der Waals surface area contributed by atoms with E-state index in [-0.39, 0.29) is 5.84 Å². The average Bonchev–Trinajstić information content (AvgIpc) is 2.45. The molecule has 110 valence electrons. The lowest BCUT2D eigenvalue weighted by Gasteiger charge is -2.31. The molecule has 0 bridgehead atoms. The number of nitrogens with one attached hydrogen (secondary N) is 1. The van der Waals surface area contributed by atoms with Crippen LogP contribution < -0.4 is 10.6 Å². The maximum Gasteiger partial charge on any atom is 0.126 e. The molecule has 0 saturated heterocycles. The quantitative estimate of drug-likeness (QED) is 0.631. The van der Waals surface area contributed by atoms with Crippen LogP contribution in [0, 0.1) is 5.41 Å². The van der Waals surface area contributed by atoms with Gasteiger partial charge < -0.3 is 10.6 Å². The normalized spacial score (nSPS) is 10.7. The molecule has 0 aliphatic rings. The molecule has 2 rings (SSSR count). The van der Waals surface area contributed by atoms with E-state index < -0.39 is 0 Å². The van der Waals surface area contributed by atoms with E-state index in [1.165, 1.54) is 5.56 Å². The van der Waals surface area contributed by atoms with Crippen molar-refractivity contribution in [3.63, 3.8) is 0 Å². The number of hydrogen-bond acceptors (Lipinski definition) is 2. The van der Waals surface area contributed by atoms with Crippen LogP contribution in [0.15, 0.2) is 53.0 Å². The summed E-state index contributed by atoms with van der Waals surface area (Å²) in [5, 5.41) is 7.85. The van der Waals surface area contributed by atoms with Crippen molar-refractivity contribution in [2.45, 2.75) is 26.4 Å². The zero-order valence-corrected chi connectivity index (χ0v) is 13.9. The Balaban J connectivity index is 2.44. The molecular formula is C17H20BrN3. The first-order valence-electron chi connectivity index (χ1n) is 6.94. The van der Waals surface area contributed by atoms with Gasteiger partial charge in [-0.1, -0.05) is 36.4 Å². The number of amidine groups is 1. The van der Waals surface area contributed by atoms with Crippen molar-refractivity contribution in [3.8, 4) is 0 Å². The monoisotopic (exact) mass is 345 g/mol. The minimum absolute atomic E-state index is 0.0798. The van der Waals surface area contributed by atoms with Crippen LogP contribution in [0.3, 0.4) is 0 Å². The van der Waals surface area contributed by atoms with Crippen LogP contribution in [-0.2, 0) is 6.54 Å². The molecule has 0 unspecified atom stereocenters. The summed E-state index contributed by atoms with van der Waals surface area (Å²) in [4.78, 5) is 2.26. The van der Waals surface area contributed by atoms with E-state index in [0.29, 0.717) is 6.04 Å². The number of rotatable bonds is 5. The number of halogens is 1. The molecule has 0 radical (unpaired) electrons. The maximum atomic E-state index is 7.85. The van der Waals surface area contributed by atoms with E-state index >= 15 is 0 Å². The Bertz CT molecular complexity index is 623. The van der Waals surface area contributed by atoms with Gasteiger partial charge in [0.1, 0.15) is 5.84 Å². The predicted molar refractivity (Wildman–Crippen MR) is 92.9 cm³/mol. The number of nitrogen functional groups attached to an aromatic ring is 1. The fourth-order valence-electron chi connectivity index (χ4n) is 2.34. The van der Waals surface area contributed by atoms with Gasteiger partial charge in [-0.05, 0) is 47.5 Å². The van der Waals surface area contributed by atoms with Crippen molar-refractivity contribution in [2.24, 2.45) is 5.73 Å². The summed E-state index contributed by atoms with van der Waals surface area (Å²) < 4.78 is 0.853. The fraction of sp³-hybridized carbons (Fsp3) is 0.235. The summed E-state index contributed by atoms with van der Waals surface area (Å²) in [7, 11) is 0. The lowest BCUT2D eigenvalue weighted by atomic mass is 10.1. The van der Waals surface area contributed by atoms with Crippen LogP contribution in [0.25, 0.3) is 0 Å². The van der Waals surface area contributed by atoms with E-state index in [1.807, 2.05) is 36.4 Å². The topological polar surface area (TPSA) is 53.1 Å². The van der Waals surface area contributed by atoms with Gasteiger partial charge >= 0.3 is 0 Å². The number of hydrogen-bond donors (Lipinski definition) is 2. The predicted octanol–water partition coefficient (Wildman–Crippen LogP) is 4.15. The molecule has 21 heavy (non-hydrogen) atoms. The molecule has 3 N–H and O–H groups in total. The Morgan fingerprint density at radius 2 is 1.81 bits per heavy atom. The minimum atomic E-state index is 0.0798. The first-order valence-corrected chi connectivity index (χ1v) is 7.73. The van der Waals surface area contributed by atoms with Crippen molar-refractivity contribution in [2.75, 3.05) is 4.90 Å². The molecule has 0 heterocycles. The van der Waals surface area contributed by atoms with Crippen LogP contribution in [0.5, 0.6) is 0 Å². The summed E-state index contributed by atoms with van der Waals surface area (Å²) in [5.74, 6) is 0.0798. The molecule has 3 nitrogen and oxygen atoms in total. The molecule has 2 aromatic carbocycles. The second-order valence-corrected chi connectivity index (χ2v) is 6.11. The summed E-state index contributed by atoms with van der Waals surface area (Å²) in [6, 6.07) is 16.5. The van der Waals surface area contributed by atoms with Crippen molar-refractivity contribution in [1.82, 2.24) is 0 Å². The van der Waals surface area contributed by atoms with Gasteiger partial charge in [0.2, 0.25) is 0 Å². The SMILES string of the molecule is CC(C)N(Cc1ccccc1)c1cccc(Br)c1C(=N)N. The van der Waals surface area contributed by atoms with Gasteiger partial charge in [-0.2, -0.15) is 0 Å². The number of anilines is 1. The molecule has 0 spiro atoms. The second kappa shape index (κ2) is 6.76. The fourth-order valence-corrected chi connectivity index (χ4v) is 2.91. The van der Waals surface area contributed by atoms with Gasteiger partial charge in [0, 0.05) is 22.7 Å². The van der Waals surface area contributed by atoms with Gasteiger partial charge in [0.15, 0.2) is 0 Å². The highest BCUT2D eigenvalue weighted by atomic mass is 79.9. The van der Waals surface area contributed by atoms with E-state index in [9.17, 15) is 0 Å². The lowest BCUT2D eigenvalue weighted by Crippen LogP contribution is -2.32. The van der Waals surface area contributed by atoms with Crippen molar-refractivity contribution in [1.29, 1.82) is 5.41 Å². The minimum Gasteiger partial charge on any atom is -0.384 e. The lowest BCUT2D eigenvalue weighted by molar-refractivity contribution is 0.682. The molecule has 4 heteroatoms. The van der Waals surface area contributed by atoms with Crippen LogP contribution in [0.2, 0.25) is 0 Å². The van der Waals surface area contributed by atoms with Gasteiger partial charge in [0.25, 0.3) is 0 Å². The third-order valence-electron chi connectivity index (χ3n) is 3.39. The van der Waals surface area contributed by atoms with E-state index in [4.69, 9.17) is 11.1 Å². The second-order valence-electron chi connectivity index (χ2n) is 5.25. The van der Waals surface area contributed by atoms with Crippen molar-refractivity contribution >= 4 is 27.5 Å². The summed E-state index contributed by atoms with van der Waals surface area (Å²) >= 11 is 3.50. The van der Waals surface area contributed by atoms with E-state index in [2.05, 4.69) is 46.8 Å². The molecule has 0 atom stereocenters. The number of nitrogens with zero attached hydrogens (tertiary/aromatic N) is 1. The smallest absolute Gasteiger partial charge is 0.126 e. The summed E-state index contributed by atoms with van der Waals surface area (Å²) in [6.07, 6.45) is 0.